The van der Waals surface area contributed by atoms with Gasteiger partial charge in [-0.05, 0) is 43.7 Å². The number of rotatable bonds is 4. The van der Waals surface area contributed by atoms with E-state index in [9.17, 15) is 0 Å². The van der Waals surface area contributed by atoms with Crippen molar-refractivity contribution in [2.45, 2.75) is 25.8 Å². The van der Waals surface area contributed by atoms with Crippen LogP contribution in [0.4, 0.5) is 0 Å². The summed E-state index contributed by atoms with van der Waals surface area (Å²) >= 11 is 0. The van der Waals surface area contributed by atoms with E-state index in [2.05, 4.69) is 46.4 Å². The molecule has 3 rings (SSSR count). The summed E-state index contributed by atoms with van der Waals surface area (Å²) in [5, 5.41) is 3.48. The first-order chi connectivity index (χ1) is 10.8. The molecule has 4 heteroatoms. The standard InChI is InChI=1S/C18H24N4/c1-15-6-7-17(21-14-15)18(13-16-5-2-3-9-20-16)22-11-4-8-19-10-12-22/h2-3,5-7,9,14,18-19H,4,8,10-13H2,1H3. The Morgan fingerprint density at radius 1 is 1.14 bits per heavy atom. The van der Waals surface area contributed by atoms with Gasteiger partial charge in [0.25, 0.3) is 0 Å². The first-order valence-corrected chi connectivity index (χ1v) is 8.10. The van der Waals surface area contributed by atoms with Crippen LogP contribution < -0.4 is 5.32 Å². The highest BCUT2D eigenvalue weighted by molar-refractivity contribution is 5.18. The van der Waals surface area contributed by atoms with Crippen molar-refractivity contribution in [1.82, 2.24) is 20.2 Å². The van der Waals surface area contributed by atoms with Crippen molar-refractivity contribution in [2.75, 3.05) is 26.2 Å². The van der Waals surface area contributed by atoms with Crippen LogP contribution in [0.3, 0.4) is 0 Å². The Balaban J connectivity index is 1.85. The van der Waals surface area contributed by atoms with Gasteiger partial charge in [-0.2, -0.15) is 0 Å². The van der Waals surface area contributed by atoms with E-state index >= 15 is 0 Å². The van der Waals surface area contributed by atoms with Crippen LogP contribution in [0.1, 0.15) is 29.4 Å². The number of aryl methyl sites for hydroxylation is 1. The Morgan fingerprint density at radius 3 is 2.86 bits per heavy atom. The lowest BCUT2D eigenvalue weighted by Gasteiger charge is -2.30. The summed E-state index contributed by atoms with van der Waals surface area (Å²) in [6.45, 7) is 6.41. The molecule has 0 spiro atoms. The van der Waals surface area contributed by atoms with Crippen molar-refractivity contribution in [3.63, 3.8) is 0 Å². The second-order valence-corrected chi connectivity index (χ2v) is 5.94. The molecule has 0 bridgehead atoms. The van der Waals surface area contributed by atoms with E-state index in [4.69, 9.17) is 4.98 Å². The number of nitrogens with one attached hydrogen (secondary N) is 1. The summed E-state index contributed by atoms with van der Waals surface area (Å²) in [6, 6.07) is 10.8. The minimum atomic E-state index is 0.301. The molecule has 1 aliphatic rings. The normalized spacial score (nSPS) is 17.9. The van der Waals surface area contributed by atoms with E-state index in [0.29, 0.717) is 6.04 Å². The maximum Gasteiger partial charge on any atom is 0.0579 e. The van der Waals surface area contributed by atoms with Gasteiger partial charge in [-0.15, -0.1) is 0 Å². The Kier molecular flexibility index (Phi) is 5.14. The monoisotopic (exact) mass is 296 g/mol. The molecule has 1 aliphatic heterocycles. The Morgan fingerprint density at radius 2 is 2.09 bits per heavy atom. The molecule has 0 radical (unpaired) electrons. The van der Waals surface area contributed by atoms with Gasteiger partial charge in [0.1, 0.15) is 0 Å². The van der Waals surface area contributed by atoms with Gasteiger partial charge in [-0.3, -0.25) is 14.9 Å². The fraction of sp³-hybridized carbons (Fsp3) is 0.444. The molecule has 2 aromatic rings. The molecule has 1 saturated heterocycles. The molecule has 0 saturated carbocycles. The molecule has 1 N–H and O–H groups in total. The summed E-state index contributed by atoms with van der Waals surface area (Å²) < 4.78 is 0. The molecular weight excluding hydrogens is 272 g/mol. The second-order valence-electron chi connectivity index (χ2n) is 5.94. The van der Waals surface area contributed by atoms with Gasteiger partial charge in [-0.25, -0.2) is 0 Å². The van der Waals surface area contributed by atoms with Gasteiger partial charge in [0.05, 0.1) is 11.7 Å². The van der Waals surface area contributed by atoms with Crippen LogP contribution in [0, 0.1) is 6.92 Å². The Bertz CT molecular complexity index is 559. The number of aromatic nitrogens is 2. The fourth-order valence-electron chi connectivity index (χ4n) is 2.99. The van der Waals surface area contributed by atoms with Gasteiger partial charge in [0.15, 0.2) is 0 Å². The topological polar surface area (TPSA) is 41.1 Å². The zero-order valence-electron chi connectivity index (χ0n) is 13.2. The summed E-state index contributed by atoms with van der Waals surface area (Å²) in [4.78, 5) is 11.7. The number of hydrogen-bond donors (Lipinski definition) is 1. The van der Waals surface area contributed by atoms with Gasteiger partial charge in [0, 0.05) is 44.1 Å². The van der Waals surface area contributed by atoms with Crippen molar-refractivity contribution in [2.24, 2.45) is 0 Å². The average molecular weight is 296 g/mol. The molecule has 1 fully saturated rings. The van der Waals surface area contributed by atoms with E-state index in [1.54, 1.807) is 0 Å². The number of pyridine rings is 2. The zero-order valence-corrected chi connectivity index (χ0v) is 13.2. The van der Waals surface area contributed by atoms with Crippen LogP contribution in [-0.4, -0.2) is 41.0 Å². The third kappa shape index (κ3) is 3.90. The highest BCUT2D eigenvalue weighted by atomic mass is 15.2. The number of hydrogen-bond acceptors (Lipinski definition) is 4. The summed E-state index contributed by atoms with van der Waals surface area (Å²) in [7, 11) is 0. The zero-order chi connectivity index (χ0) is 15.2. The van der Waals surface area contributed by atoms with Gasteiger partial charge in [0.2, 0.25) is 0 Å². The SMILES string of the molecule is Cc1ccc(C(Cc2ccccn2)N2CCCNCC2)nc1. The van der Waals surface area contributed by atoms with Crippen molar-refractivity contribution < 1.29 is 0 Å². The Hall–Kier alpha value is -1.78. The quantitative estimate of drug-likeness (QED) is 0.940. The van der Waals surface area contributed by atoms with Crippen LogP contribution in [0.2, 0.25) is 0 Å². The highest BCUT2D eigenvalue weighted by Crippen LogP contribution is 2.24. The van der Waals surface area contributed by atoms with E-state index in [0.717, 1.165) is 44.0 Å². The molecule has 0 aliphatic carbocycles. The lowest BCUT2D eigenvalue weighted by molar-refractivity contribution is 0.204. The fourth-order valence-corrected chi connectivity index (χ4v) is 2.99. The van der Waals surface area contributed by atoms with Gasteiger partial charge < -0.3 is 5.32 Å². The van der Waals surface area contributed by atoms with Gasteiger partial charge >= 0.3 is 0 Å². The average Bonchev–Trinajstić information content (AvgIpc) is 2.84. The molecule has 2 aromatic heterocycles. The molecule has 1 unspecified atom stereocenters. The van der Waals surface area contributed by atoms with Crippen molar-refractivity contribution in [3.8, 4) is 0 Å². The predicted molar refractivity (Wildman–Crippen MR) is 88.7 cm³/mol. The van der Waals surface area contributed by atoms with Crippen LogP contribution >= 0.6 is 0 Å². The van der Waals surface area contributed by atoms with E-state index in [1.807, 2.05) is 18.5 Å². The van der Waals surface area contributed by atoms with E-state index in [1.165, 1.54) is 12.0 Å². The van der Waals surface area contributed by atoms with E-state index < -0.39 is 0 Å². The van der Waals surface area contributed by atoms with Crippen molar-refractivity contribution in [3.05, 3.63) is 59.7 Å². The third-order valence-electron chi connectivity index (χ3n) is 4.22. The molecule has 116 valence electrons. The molecule has 3 heterocycles. The predicted octanol–water partition coefficient (Wildman–Crippen LogP) is 2.36. The largest absolute Gasteiger partial charge is 0.315 e. The van der Waals surface area contributed by atoms with Crippen LogP contribution in [0.15, 0.2) is 42.7 Å². The maximum absolute atomic E-state index is 4.69. The van der Waals surface area contributed by atoms with Crippen LogP contribution in [-0.2, 0) is 6.42 Å². The Labute approximate surface area is 132 Å². The highest BCUT2D eigenvalue weighted by Gasteiger charge is 2.23. The first-order valence-electron chi connectivity index (χ1n) is 8.10. The summed E-state index contributed by atoms with van der Waals surface area (Å²) in [5.41, 5.74) is 3.49. The molecular formula is C18H24N4. The summed E-state index contributed by atoms with van der Waals surface area (Å²) in [6.07, 6.45) is 5.94. The molecule has 22 heavy (non-hydrogen) atoms. The molecule has 0 amide bonds. The lowest BCUT2D eigenvalue weighted by Crippen LogP contribution is -2.34. The minimum absolute atomic E-state index is 0.301. The van der Waals surface area contributed by atoms with Gasteiger partial charge in [-0.1, -0.05) is 12.1 Å². The first kappa shape index (κ1) is 15.1. The number of nitrogens with zero attached hydrogens (tertiary/aromatic N) is 3. The smallest absolute Gasteiger partial charge is 0.0579 e. The maximum atomic E-state index is 4.69. The molecule has 4 nitrogen and oxygen atoms in total. The van der Waals surface area contributed by atoms with Crippen LogP contribution in [0.5, 0.6) is 0 Å². The third-order valence-corrected chi connectivity index (χ3v) is 4.22. The minimum Gasteiger partial charge on any atom is -0.315 e. The molecule has 0 aromatic carbocycles. The van der Waals surface area contributed by atoms with Crippen molar-refractivity contribution in [1.29, 1.82) is 0 Å². The second kappa shape index (κ2) is 7.47. The van der Waals surface area contributed by atoms with Crippen molar-refractivity contribution >= 4 is 0 Å². The lowest BCUT2D eigenvalue weighted by atomic mass is 10.0. The van der Waals surface area contributed by atoms with E-state index in [-0.39, 0.29) is 0 Å². The molecule has 1 atom stereocenters. The van der Waals surface area contributed by atoms with Crippen LogP contribution in [0.25, 0.3) is 0 Å². The summed E-state index contributed by atoms with van der Waals surface area (Å²) in [5.74, 6) is 0.